The summed E-state index contributed by atoms with van der Waals surface area (Å²) in [7, 11) is 1.74. The van der Waals surface area contributed by atoms with E-state index in [1.165, 1.54) is 0 Å². The Morgan fingerprint density at radius 2 is 1.85 bits per heavy atom. The van der Waals surface area contributed by atoms with Crippen LogP contribution in [0.5, 0.6) is 0 Å². The van der Waals surface area contributed by atoms with Crippen molar-refractivity contribution in [2.75, 3.05) is 13.6 Å². The number of nitrogens with zero attached hydrogens (tertiary/aromatic N) is 4. The van der Waals surface area contributed by atoms with Crippen LogP contribution < -0.4 is 5.32 Å². The van der Waals surface area contributed by atoms with Crippen LogP contribution in [0.3, 0.4) is 0 Å². The summed E-state index contributed by atoms with van der Waals surface area (Å²) in [6.07, 6.45) is 0.142. The summed E-state index contributed by atoms with van der Waals surface area (Å²) in [5, 5.41) is 35.4. The first kappa shape index (κ1) is 13.9. The number of nitrogens with one attached hydrogen (secondary N) is 1. The van der Waals surface area contributed by atoms with E-state index in [9.17, 15) is 30.3 Å². The average molecular weight is 285 g/mol. The van der Waals surface area contributed by atoms with E-state index < -0.39 is 38.6 Å². The minimum Gasteiger partial charge on any atom is -0.358 e. The molecule has 0 bridgehead atoms. The van der Waals surface area contributed by atoms with Crippen molar-refractivity contribution in [3.63, 3.8) is 0 Å². The molecule has 3 atom stereocenters. The van der Waals surface area contributed by atoms with Gasteiger partial charge in [-0.1, -0.05) is 0 Å². The molecule has 0 radical (unpaired) electrons. The summed E-state index contributed by atoms with van der Waals surface area (Å²) in [6.45, 7) is 0.595. The van der Waals surface area contributed by atoms with Crippen LogP contribution in [0.15, 0.2) is 23.2 Å². The van der Waals surface area contributed by atoms with Gasteiger partial charge in [-0.3, -0.25) is 35.2 Å². The quantitative estimate of drug-likeness (QED) is 0.406. The zero-order chi connectivity index (χ0) is 15.0. The maximum absolute atomic E-state index is 11.0. The lowest BCUT2D eigenvalue weighted by atomic mass is 10.0. The molecule has 1 saturated heterocycles. The van der Waals surface area contributed by atoms with Crippen LogP contribution in [0.2, 0.25) is 0 Å². The summed E-state index contributed by atoms with van der Waals surface area (Å²) < 4.78 is 0. The van der Waals surface area contributed by atoms with Crippen LogP contribution in [0, 0.1) is 30.3 Å². The van der Waals surface area contributed by atoms with Gasteiger partial charge in [-0.05, 0) is 7.05 Å². The van der Waals surface area contributed by atoms with Gasteiger partial charge in [0.1, 0.15) is 6.42 Å². The zero-order valence-electron chi connectivity index (χ0n) is 10.4. The maximum atomic E-state index is 11.0. The molecule has 2 rings (SSSR count). The Morgan fingerprint density at radius 1 is 1.25 bits per heavy atom. The first-order valence-corrected chi connectivity index (χ1v) is 5.65. The highest BCUT2D eigenvalue weighted by Crippen LogP contribution is 2.28. The van der Waals surface area contributed by atoms with Crippen molar-refractivity contribution in [1.29, 1.82) is 0 Å². The molecule has 1 aliphatic heterocycles. The molecule has 11 heteroatoms. The van der Waals surface area contributed by atoms with Gasteiger partial charge in [-0.15, -0.1) is 0 Å². The van der Waals surface area contributed by atoms with Crippen LogP contribution in [0.25, 0.3) is 0 Å². The average Bonchev–Trinajstić information content (AvgIpc) is 3.03. The highest BCUT2D eigenvalue weighted by molar-refractivity contribution is 5.32. The second-order valence-corrected chi connectivity index (χ2v) is 4.54. The number of nitro groups is 3. The van der Waals surface area contributed by atoms with Crippen molar-refractivity contribution in [2.24, 2.45) is 0 Å². The van der Waals surface area contributed by atoms with Crippen LogP contribution >= 0.6 is 0 Å². The van der Waals surface area contributed by atoms with E-state index in [-0.39, 0.29) is 11.9 Å². The molecule has 11 nitrogen and oxygen atoms in total. The molecule has 0 amide bonds. The second-order valence-electron chi connectivity index (χ2n) is 4.54. The van der Waals surface area contributed by atoms with Gasteiger partial charge in [0.05, 0.1) is 22.1 Å². The summed E-state index contributed by atoms with van der Waals surface area (Å²) in [6, 6.07) is -1.46. The van der Waals surface area contributed by atoms with Gasteiger partial charge in [-0.2, -0.15) is 0 Å². The molecular formula is C9H11N5O6. The lowest BCUT2D eigenvalue weighted by Crippen LogP contribution is -2.33. The Balaban J connectivity index is 2.40. The molecule has 3 unspecified atom stereocenters. The largest absolute Gasteiger partial charge is 0.358 e. The van der Waals surface area contributed by atoms with Gasteiger partial charge in [-0.25, -0.2) is 0 Å². The van der Waals surface area contributed by atoms with Gasteiger partial charge in [0, 0.05) is 11.5 Å². The molecule has 2 aliphatic rings. The first-order chi connectivity index (χ1) is 9.31. The molecule has 1 N–H and O–H groups in total. The normalized spacial score (nSPS) is 28.6. The van der Waals surface area contributed by atoms with Gasteiger partial charge >= 0.3 is 5.70 Å². The fourth-order valence-electron chi connectivity index (χ4n) is 1.93. The zero-order valence-corrected chi connectivity index (χ0v) is 10.4. The van der Waals surface area contributed by atoms with E-state index in [0.29, 0.717) is 6.54 Å². The minimum atomic E-state index is -1.46. The molecule has 0 aromatic heterocycles. The Bertz CT molecular complexity index is 555. The molecule has 0 saturated carbocycles. The number of rotatable bonds is 5. The van der Waals surface area contributed by atoms with E-state index in [1.54, 1.807) is 11.9 Å². The Hall–Kier alpha value is -2.56. The monoisotopic (exact) mass is 285 g/mol. The summed E-state index contributed by atoms with van der Waals surface area (Å²) in [5.74, 6) is 0. The van der Waals surface area contributed by atoms with Crippen LogP contribution in [0.4, 0.5) is 0 Å². The number of likely N-dealkylation sites (N-methyl/N-ethyl adjacent to an activating group) is 1. The molecule has 0 spiro atoms. The molecule has 1 fully saturated rings. The maximum Gasteiger partial charge on any atom is 0.301 e. The molecule has 0 aromatic rings. The van der Waals surface area contributed by atoms with Crippen molar-refractivity contribution in [2.45, 2.75) is 18.6 Å². The SMILES string of the molecule is CN1CC1NC1=C([N+](=O)[O-])CC([N+](=O)[O-])C=C1[N+](=O)[O-]. The fourth-order valence-corrected chi connectivity index (χ4v) is 1.93. The smallest absolute Gasteiger partial charge is 0.301 e. The van der Waals surface area contributed by atoms with Crippen molar-refractivity contribution >= 4 is 0 Å². The van der Waals surface area contributed by atoms with Crippen molar-refractivity contribution in [3.05, 3.63) is 53.5 Å². The number of hydrogen-bond acceptors (Lipinski definition) is 8. The van der Waals surface area contributed by atoms with Crippen LogP contribution in [-0.4, -0.2) is 45.5 Å². The molecule has 1 heterocycles. The van der Waals surface area contributed by atoms with Crippen LogP contribution in [-0.2, 0) is 0 Å². The lowest BCUT2D eigenvalue weighted by molar-refractivity contribution is -0.522. The van der Waals surface area contributed by atoms with Crippen molar-refractivity contribution in [3.8, 4) is 0 Å². The third kappa shape index (κ3) is 2.56. The second kappa shape index (κ2) is 4.85. The van der Waals surface area contributed by atoms with Gasteiger partial charge in [0.15, 0.2) is 5.70 Å². The highest BCUT2D eigenvalue weighted by atomic mass is 16.6. The highest BCUT2D eigenvalue weighted by Gasteiger charge is 2.44. The summed E-state index contributed by atoms with van der Waals surface area (Å²) in [5.41, 5.74) is -1.39. The number of hydrogen-bond donors (Lipinski definition) is 1. The standard InChI is InChI=1S/C9H11N5O6/c1-11-4-8(11)10-9-6(13(17)18)2-5(12(15)16)3-7(9)14(19)20/h2,5,8,10H,3-4H2,1H3. The molecule has 1 aliphatic carbocycles. The third-order valence-corrected chi connectivity index (χ3v) is 3.16. The van der Waals surface area contributed by atoms with Gasteiger partial charge < -0.3 is 5.32 Å². The molecule has 0 aromatic carbocycles. The van der Waals surface area contributed by atoms with E-state index >= 15 is 0 Å². The fraction of sp³-hybridized carbons (Fsp3) is 0.556. The van der Waals surface area contributed by atoms with E-state index in [0.717, 1.165) is 6.08 Å². The van der Waals surface area contributed by atoms with Crippen LogP contribution in [0.1, 0.15) is 6.42 Å². The topological polar surface area (TPSA) is 144 Å². The predicted molar refractivity (Wildman–Crippen MR) is 64.1 cm³/mol. The van der Waals surface area contributed by atoms with E-state index in [4.69, 9.17) is 0 Å². The Kier molecular flexibility index (Phi) is 3.36. The molecule has 108 valence electrons. The van der Waals surface area contributed by atoms with Gasteiger partial charge in [0.25, 0.3) is 5.70 Å². The first-order valence-electron chi connectivity index (χ1n) is 5.65. The molecule has 20 heavy (non-hydrogen) atoms. The Morgan fingerprint density at radius 3 is 2.25 bits per heavy atom. The summed E-state index contributed by atoms with van der Waals surface area (Å²) >= 11 is 0. The van der Waals surface area contributed by atoms with Gasteiger partial charge in [0.2, 0.25) is 6.04 Å². The predicted octanol–water partition coefficient (Wildman–Crippen LogP) is -0.455. The van der Waals surface area contributed by atoms with E-state index in [1.807, 2.05) is 0 Å². The lowest BCUT2D eigenvalue weighted by Gasteiger charge is -2.14. The molecular weight excluding hydrogens is 274 g/mol. The van der Waals surface area contributed by atoms with Crippen molar-refractivity contribution < 1.29 is 14.8 Å². The van der Waals surface area contributed by atoms with E-state index in [2.05, 4.69) is 5.32 Å². The van der Waals surface area contributed by atoms with Crippen molar-refractivity contribution in [1.82, 2.24) is 10.2 Å². The summed E-state index contributed by atoms with van der Waals surface area (Å²) in [4.78, 5) is 32.1. The third-order valence-electron chi connectivity index (χ3n) is 3.16. The minimum absolute atomic E-state index is 0.226. The Labute approximate surface area is 112 Å².